The second-order valence-corrected chi connectivity index (χ2v) is 11.3. The van der Waals surface area contributed by atoms with E-state index in [9.17, 15) is 13.2 Å². The molecule has 4 rings (SSSR count). The summed E-state index contributed by atoms with van der Waals surface area (Å²) in [6.45, 7) is 8.55. The van der Waals surface area contributed by atoms with Crippen molar-refractivity contribution in [3.63, 3.8) is 0 Å². The molecule has 174 valence electrons. The normalized spacial score (nSPS) is 20.3. The SMILES string of the molecule is C=CCn1c(=NC(=O)c2ccc(S(=O)(=O)N3CC(C)OC(C)C3)cc2)sc2cc(Cl)ccc21. The third-order valence-corrected chi connectivity index (χ3v) is 8.40. The van der Waals surface area contributed by atoms with Gasteiger partial charge in [0, 0.05) is 30.2 Å². The van der Waals surface area contributed by atoms with E-state index in [0.717, 1.165) is 10.2 Å². The van der Waals surface area contributed by atoms with Crippen molar-refractivity contribution < 1.29 is 17.9 Å². The predicted molar refractivity (Wildman–Crippen MR) is 130 cm³/mol. The van der Waals surface area contributed by atoms with Crippen molar-refractivity contribution >= 4 is 49.1 Å². The summed E-state index contributed by atoms with van der Waals surface area (Å²) in [4.78, 5) is 17.8. The third-order valence-electron chi connectivity index (χ3n) is 5.28. The monoisotopic (exact) mass is 505 g/mol. The molecule has 10 heteroatoms. The van der Waals surface area contributed by atoms with Crippen molar-refractivity contribution in [1.82, 2.24) is 8.87 Å². The molecule has 1 aliphatic rings. The fraction of sp³-hybridized carbons (Fsp3) is 0.304. The Labute approximate surface area is 201 Å². The third kappa shape index (κ3) is 4.97. The van der Waals surface area contributed by atoms with Crippen LogP contribution in [-0.2, 0) is 21.3 Å². The van der Waals surface area contributed by atoms with Gasteiger partial charge >= 0.3 is 0 Å². The molecule has 3 aromatic rings. The van der Waals surface area contributed by atoms with E-state index in [1.807, 2.05) is 30.5 Å². The van der Waals surface area contributed by atoms with Crippen molar-refractivity contribution in [2.24, 2.45) is 4.99 Å². The molecule has 0 bridgehead atoms. The van der Waals surface area contributed by atoms with Crippen molar-refractivity contribution in [1.29, 1.82) is 0 Å². The lowest BCUT2D eigenvalue weighted by molar-refractivity contribution is -0.0440. The van der Waals surface area contributed by atoms with Gasteiger partial charge in [-0.25, -0.2) is 8.42 Å². The first-order valence-electron chi connectivity index (χ1n) is 10.4. The quantitative estimate of drug-likeness (QED) is 0.489. The number of morpholine rings is 1. The maximum atomic E-state index is 13.0. The van der Waals surface area contributed by atoms with Gasteiger partial charge in [-0.3, -0.25) is 4.79 Å². The summed E-state index contributed by atoms with van der Waals surface area (Å²) in [6.07, 6.45) is 1.38. The minimum atomic E-state index is -3.68. The number of amides is 1. The first kappa shape index (κ1) is 23.8. The number of benzene rings is 2. The number of thiazole rings is 1. The van der Waals surface area contributed by atoms with E-state index in [4.69, 9.17) is 16.3 Å². The summed E-state index contributed by atoms with van der Waals surface area (Å²) < 4.78 is 35.9. The fourth-order valence-corrected chi connectivity index (χ4v) is 6.74. The molecule has 2 atom stereocenters. The van der Waals surface area contributed by atoms with Gasteiger partial charge in [-0.1, -0.05) is 29.0 Å². The zero-order chi connectivity index (χ0) is 23.8. The Morgan fingerprint density at radius 1 is 1.21 bits per heavy atom. The topological polar surface area (TPSA) is 81.0 Å². The number of hydrogen-bond donors (Lipinski definition) is 0. The number of halogens is 1. The molecule has 2 heterocycles. The molecule has 0 N–H and O–H groups in total. The number of carbonyl (C=O) groups excluding carboxylic acids is 1. The zero-order valence-corrected chi connectivity index (χ0v) is 20.7. The molecule has 0 aliphatic carbocycles. The van der Waals surface area contributed by atoms with Crippen molar-refractivity contribution in [2.45, 2.75) is 37.5 Å². The smallest absolute Gasteiger partial charge is 0.279 e. The summed E-state index contributed by atoms with van der Waals surface area (Å²) in [5, 5.41) is 0.605. The number of fused-ring (bicyclic) bond motifs is 1. The second-order valence-electron chi connectivity index (χ2n) is 7.92. The van der Waals surface area contributed by atoms with E-state index < -0.39 is 15.9 Å². The number of rotatable bonds is 5. The lowest BCUT2D eigenvalue weighted by Crippen LogP contribution is -2.48. The lowest BCUT2D eigenvalue weighted by Gasteiger charge is -2.34. The van der Waals surface area contributed by atoms with E-state index in [-0.39, 0.29) is 17.1 Å². The van der Waals surface area contributed by atoms with Crippen molar-refractivity contribution in [3.8, 4) is 0 Å². The van der Waals surface area contributed by atoms with Gasteiger partial charge in [0.05, 0.1) is 27.3 Å². The van der Waals surface area contributed by atoms with Crippen LogP contribution in [0, 0.1) is 0 Å². The minimum Gasteiger partial charge on any atom is -0.373 e. The van der Waals surface area contributed by atoms with Crippen LogP contribution < -0.4 is 4.80 Å². The summed E-state index contributed by atoms with van der Waals surface area (Å²) in [5.74, 6) is -0.456. The summed E-state index contributed by atoms with van der Waals surface area (Å²) >= 11 is 7.46. The number of ether oxygens (including phenoxy) is 1. The summed E-state index contributed by atoms with van der Waals surface area (Å²) in [5.41, 5.74) is 1.21. The standard InChI is InChI=1S/C23H24ClN3O4S2/c1-4-11-27-20-10-7-18(24)12-21(20)32-23(27)25-22(28)17-5-8-19(9-6-17)33(29,30)26-13-15(2)31-16(3)14-26/h4-10,12,15-16H,1,11,13-14H2,2-3H3. The molecule has 33 heavy (non-hydrogen) atoms. The average molecular weight is 506 g/mol. The Hall–Kier alpha value is -2.30. The maximum Gasteiger partial charge on any atom is 0.279 e. The highest BCUT2D eigenvalue weighted by Crippen LogP contribution is 2.23. The molecule has 1 aliphatic heterocycles. The van der Waals surface area contributed by atoms with E-state index in [1.165, 1.54) is 39.9 Å². The number of nitrogens with zero attached hydrogens (tertiary/aromatic N) is 3. The van der Waals surface area contributed by atoms with Crippen molar-refractivity contribution in [2.75, 3.05) is 13.1 Å². The number of allylic oxidation sites excluding steroid dienone is 1. The summed E-state index contributed by atoms with van der Waals surface area (Å²) in [7, 11) is -3.68. The van der Waals surface area contributed by atoms with Gasteiger partial charge in [-0.05, 0) is 56.3 Å². The fourth-order valence-electron chi connectivity index (χ4n) is 3.83. The van der Waals surface area contributed by atoms with Crippen LogP contribution in [0.15, 0.2) is 65.0 Å². The Balaban J connectivity index is 1.64. The predicted octanol–water partition coefficient (Wildman–Crippen LogP) is 4.08. The Morgan fingerprint density at radius 3 is 2.52 bits per heavy atom. The first-order valence-corrected chi connectivity index (χ1v) is 13.1. The van der Waals surface area contributed by atoms with Gasteiger partial charge in [-0.15, -0.1) is 6.58 Å². The van der Waals surface area contributed by atoms with Crippen LogP contribution >= 0.6 is 22.9 Å². The molecule has 1 saturated heterocycles. The number of carbonyl (C=O) groups is 1. The molecule has 1 amide bonds. The van der Waals surface area contributed by atoms with Crippen LogP contribution in [0.1, 0.15) is 24.2 Å². The van der Waals surface area contributed by atoms with Gasteiger partial charge < -0.3 is 9.30 Å². The van der Waals surface area contributed by atoms with Gasteiger partial charge in [0.2, 0.25) is 10.0 Å². The average Bonchev–Trinajstić information content (AvgIpc) is 3.09. The molecule has 0 spiro atoms. The van der Waals surface area contributed by atoms with Crippen LogP contribution in [0.25, 0.3) is 10.2 Å². The molecule has 7 nitrogen and oxygen atoms in total. The zero-order valence-electron chi connectivity index (χ0n) is 18.3. The van der Waals surface area contributed by atoms with Crippen LogP contribution in [0.4, 0.5) is 0 Å². The van der Waals surface area contributed by atoms with Crippen LogP contribution in [0.5, 0.6) is 0 Å². The minimum absolute atomic E-state index is 0.138. The Morgan fingerprint density at radius 2 is 1.88 bits per heavy atom. The van der Waals surface area contributed by atoms with E-state index >= 15 is 0 Å². The van der Waals surface area contributed by atoms with E-state index in [2.05, 4.69) is 11.6 Å². The number of aromatic nitrogens is 1. The van der Waals surface area contributed by atoms with Crippen LogP contribution in [0.3, 0.4) is 0 Å². The van der Waals surface area contributed by atoms with Gasteiger partial charge in [0.1, 0.15) is 0 Å². The molecule has 1 aromatic heterocycles. The highest BCUT2D eigenvalue weighted by molar-refractivity contribution is 7.89. The molecule has 2 aromatic carbocycles. The van der Waals surface area contributed by atoms with Crippen molar-refractivity contribution in [3.05, 3.63) is 70.5 Å². The first-order chi connectivity index (χ1) is 15.7. The van der Waals surface area contributed by atoms with Gasteiger partial charge in [-0.2, -0.15) is 9.30 Å². The van der Waals surface area contributed by atoms with Gasteiger partial charge in [0.15, 0.2) is 4.80 Å². The van der Waals surface area contributed by atoms with Gasteiger partial charge in [0.25, 0.3) is 5.91 Å². The largest absolute Gasteiger partial charge is 0.373 e. The summed E-state index contributed by atoms with van der Waals surface area (Å²) in [6, 6.07) is 11.4. The highest BCUT2D eigenvalue weighted by atomic mass is 35.5. The van der Waals surface area contributed by atoms with E-state index in [1.54, 1.807) is 12.1 Å². The molecule has 0 radical (unpaired) electrons. The number of sulfonamides is 1. The van der Waals surface area contributed by atoms with Crippen LogP contribution in [0.2, 0.25) is 5.02 Å². The Kier molecular flexibility index (Phi) is 6.88. The van der Waals surface area contributed by atoms with Crippen LogP contribution in [-0.4, -0.2) is 48.5 Å². The second kappa shape index (κ2) is 9.52. The molecule has 2 unspecified atom stereocenters. The molecular weight excluding hydrogens is 482 g/mol. The maximum absolute atomic E-state index is 13.0. The molecule has 1 fully saturated rings. The lowest BCUT2D eigenvalue weighted by atomic mass is 10.2. The number of hydrogen-bond acceptors (Lipinski definition) is 5. The Bertz CT molecular complexity index is 1370. The highest BCUT2D eigenvalue weighted by Gasteiger charge is 2.32. The van der Waals surface area contributed by atoms with E-state index in [0.29, 0.717) is 35.0 Å². The molecule has 0 saturated carbocycles. The molecular formula is C23H24ClN3O4S2.